The van der Waals surface area contributed by atoms with E-state index in [1.807, 2.05) is 49.4 Å². The Morgan fingerprint density at radius 1 is 1.17 bits per heavy atom. The first-order valence-electron chi connectivity index (χ1n) is 9.96. The summed E-state index contributed by atoms with van der Waals surface area (Å²) >= 11 is 1.52. The van der Waals surface area contributed by atoms with Gasteiger partial charge in [0, 0.05) is 16.5 Å². The van der Waals surface area contributed by atoms with Gasteiger partial charge in [-0.15, -0.1) is 5.10 Å². The van der Waals surface area contributed by atoms with Crippen molar-refractivity contribution in [3.8, 4) is 11.5 Å². The number of para-hydroxylation sites is 2. The molecule has 1 N–H and O–H groups in total. The van der Waals surface area contributed by atoms with Gasteiger partial charge in [-0.25, -0.2) is 5.01 Å². The Kier molecular flexibility index (Phi) is 5.94. The number of fused-ring (bicyclic) bond motifs is 2. The topological polar surface area (TPSA) is 75.5 Å². The van der Waals surface area contributed by atoms with Crippen molar-refractivity contribution in [3.05, 3.63) is 58.6 Å². The Morgan fingerprint density at radius 3 is 2.77 bits per heavy atom. The van der Waals surface area contributed by atoms with Crippen LogP contribution in [0.5, 0.6) is 11.5 Å². The van der Waals surface area contributed by atoms with Gasteiger partial charge in [0.15, 0.2) is 22.8 Å². The van der Waals surface area contributed by atoms with Crippen LogP contribution in [-0.2, 0) is 4.79 Å². The summed E-state index contributed by atoms with van der Waals surface area (Å²) in [5.74, 6) is 1.91. The predicted molar refractivity (Wildman–Crippen MR) is 118 cm³/mol. The summed E-state index contributed by atoms with van der Waals surface area (Å²) in [5.41, 5.74) is 1.27. The maximum absolute atomic E-state index is 13.1. The Bertz CT molecular complexity index is 1120. The number of amidine groups is 1. The summed E-state index contributed by atoms with van der Waals surface area (Å²) < 4.78 is 11.4. The average Bonchev–Trinajstić information content (AvgIpc) is 2.77. The molecule has 1 atom stereocenters. The summed E-state index contributed by atoms with van der Waals surface area (Å²) in [5, 5.41) is 11.5. The molecule has 2 heterocycles. The molecule has 0 bridgehead atoms. The van der Waals surface area contributed by atoms with E-state index in [0.29, 0.717) is 29.0 Å². The van der Waals surface area contributed by atoms with E-state index in [1.54, 1.807) is 12.1 Å². The van der Waals surface area contributed by atoms with E-state index < -0.39 is 6.17 Å². The van der Waals surface area contributed by atoms with Gasteiger partial charge < -0.3 is 9.47 Å². The lowest BCUT2D eigenvalue weighted by Gasteiger charge is -2.34. The lowest BCUT2D eigenvalue weighted by Crippen LogP contribution is -2.50. The number of ether oxygens (including phenoxy) is 2. The molecule has 0 saturated carbocycles. The van der Waals surface area contributed by atoms with Gasteiger partial charge in [-0.1, -0.05) is 49.0 Å². The lowest BCUT2D eigenvalue weighted by molar-refractivity contribution is -0.116. The Labute approximate surface area is 179 Å². The van der Waals surface area contributed by atoms with Gasteiger partial charge in [0.05, 0.1) is 19.1 Å². The molecule has 8 heteroatoms. The fraction of sp³-hybridized carbons (Fsp3) is 0.318. The quantitative estimate of drug-likeness (QED) is 0.771. The highest BCUT2D eigenvalue weighted by Crippen LogP contribution is 2.40. The summed E-state index contributed by atoms with van der Waals surface area (Å²) in [6, 6.07) is 13.3. The average molecular weight is 425 g/mol. The molecular weight excluding hydrogens is 400 g/mol. The summed E-state index contributed by atoms with van der Waals surface area (Å²) in [4.78, 5) is 18.0. The van der Waals surface area contributed by atoms with Crippen molar-refractivity contribution < 1.29 is 14.3 Å². The third kappa shape index (κ3) is 3.63. The van der Waals surface area contributed by atoms with Crippen LogP contribution in [-0.4, -0.2) is 35.6 Å². The Morgan fingerprint density at radius 2 is 2.00 bits per heavy atom. The highest BCUT2D eigenvalue weighted by atomic mass is 32.2. The maximum Gasteiger partial charge on any atom is 0.276 e. The number of rotatable bonds is 6. The molecule has 2 aromatic carbocycles. The Balaban J connectivity index is 1.92. The molecule has 7 nitrogen and oxygen atoms in total. The van der Waals surface area contributed by atoms with Crippen LogP contribution in [0.1, 0.15) is 32.0 Å². The smallest absolute Gasteiger partial charge is 0.276 e. The molecule has 2 aliphatic rings. The van der Waals surface area contributed by atoms with Crippen LogP contribution in [0.2, 0.25) is 0 Å². The number of benzene rings is 2. The first-order chi connectivity index (χ1) is 14.7. The van der Waals surface area contributed by atoms with Gasteiger partial charge in [-0.2, -0.15) is 0 Å². The SMILES string of the molecule is CCCSC1=NN2C(=c3ccccc3=N[C@H]2c2cccc(OCC)c2OC)C(=O)N1. The van der Waals surface area contributed by atoms with E-state index >= 15 is 0 Å². The van der Waals surface area contributed by atoms with Crippen molar-refractivity contribution >= 4 is 28.5 Å². The first-order valence-corrected chi connectivity index (χ1v) is 10.9. The summed E-state index contributed by atoms with van der Waals surface area (Å²) in [6.45, 7) is 4.54. The standard InChI is InChI=1S/C22H24N4O3S/c1-4-13-30-22-24-21(27)18-14-9-6-7-11-16(14)23-20(26(18)25-22)15-10-8-12-17(29-5-2)19(15)28-3/h6-12,20H,4-5,13H2,1-3H3,(H,24,25,27)/t20-/m1/s1. The number of hydrazone groups is 1. The molecular formula is C22H24N4O3S. The predicted octanol–water partition coefficient (Wildman–Crippen LogP) is 2.38. The number of carbonyl (C=O) groups excluding carboxylic acids is 1. The zero-order valence-corrected chi connectivity index (χ0v) is 18.0. The highest BCUT2D eigenvalue weighted by Gasteiger charge is 2.36. The number of methoxy groups -OCH3 is 1. The van der Waals surface area contributed by atoms with E-state index in [9.17, 15) is 4.79 Å². The second kappa shape index (κ2) is 8.79. The molecule has 4 rings (SSSR count). The molecule has 0 radical (unpaired) electrons. The fourth-order valence-electron chi connectivity index (χ4n) is 3.52. The third-order valence-electron chi connectivity index (χ3n) is 4.75. The van der Waals surface area contributed by atoms with Crippen LogP contribution in [0.15, 0.2) is 52.6 Å². The number of thioether (sulfide) groups is 1. The number of nitrogens with one attached hydrogen (secondary N) is 1. The normalized spacial score (nSPS) is 17.4. The van der Waals surface area contributed by atoms with Crippen LogP contribution >= 0.6 is 11.8 Å². The zero-order valence-electron chi connectivity index (χ0n) is 17.2. The molecule has 0 aromatic heterocycles. The largest absolute Gasteiger partial charge is 0.492 e. The van der Waals surface area contributed by atoms with Gasteiger partial charge in [0.1, 0.15) is 5.70 Å². The number of nitrogens with zero attached hydrogens (tertiary/aromatic N) is 3. The minimum atomic E-state index is -0.548. The second-order valence-corrected chi connectivity index (χ2v) is 7.82. The fourth-order valence-corrected chi connectivity index (χ4v) is 4.23. The molecule has 2 aromatic rings. The maximum atomic E-state index is 13.1. The van der Waals surface area contributed by atoms with Crippen LogP contribution in [0.4, 0.5) is 0 Å². The molecule has 0 fully saturated rings. The van der Waals surface area contributed by atoms with E-state index in [1.165, 1.54) is 11.8 Å². The van der Waals surface area contributed by atoms with Crippen molar-refractivity contribution in [2.45, 2.75) is 26.4 Å². The van der Waals surface area contributed by atoms with E-state index in [4.69, 9.17) is 19.6 Å². The van der Waals surface area contributed by atoms with Gasteiger partial charge >= 0.3 is 0 Å². The van der Waals surface area contributed by atoms with Gasteiger partial charge in [0.25, 0.3) is 5.91 Å². The number of hydrogen-bond donors (Lipinski definition) is 1. The molecule has 0 spiro atoms. The van der Waals surface area contributed by atoms with Gasteiger partial charge in [-0.05, 0) is 25.5 Å². The van der Waals surface area contributed by atoms with E-state index in [2.05, 4.69) is 12.2 Å². The molecule has 156 valence electrons. The minimum absolute atomic E-state index is 0.184. The van der Waals surface area contributed by atoms with Crippen LogP contribution in [0.3, 0.4) is 0 Å². The van der Waals surface area contributed by atoms with Crippen molar-refractivity contribution in [2.24, 2.45) is 10.1 Å². The van der Waals surface area contributed by atoms with Crippen LogP contribution in [0, 0.1) is 0 Å². The minimum Gasteiger partial charge on any atom is -0.492 e. The van der Waals surface area contributed by atoms with Crippen molar-refractivity contribution in [3.63, 3.8) is 0 Å². The van der Waals surface area contributed by atoms with Crippen molar-refractivity contribution in [2.75, 3.05) is 19.5 Å². The second-order valence-electron chi connectivity index (χ2n) is 6.73. The van der Waals surface area contributed by atoms with E-state index in [0.717, 1.165) is 28.3 Å². The van der Waals surface area contributed by atoms with Crippen molar-refractivity contribution in [1.29, 1.82) is 0 Å². The Hall–Kier alpha value is -3.00. The third-order valence-corrected chi connectivity index (χ3v) is 5.82. The van der Waals surface area contributed by atoms with Gasteiger partial charge in [0.2, 0.25) is 0 Å². The molecule has 2 aliphatic heterocycles. The number of carbonyl (C=O) groups is 1. The molecule has 30 heavy (non-hydrogen) atoms. The molecule has 0 aliphatic carbocycles. The lowest BCUT2D eigenvalue weighted by atomic mass is 10.1. The number of amides is 1. The first kappa shape index (κ1) is 20.3. The van der Waals surface area contributed by atoms with Gasteiger partial charge in [-0.3, -0.25) is 15.1 Å². The summed E-state index contributed by atoms with van der Waals surface area (Å²) in [7, 11) is 1.61. The van der Waals surface area contributed by atoms with Crippen LogP contribution in [0.25, 0.3) is 5.70 Å². The molecule has 0 unspecified atom stereocenters. The highest BCUT2D eigenvalue weighted by molar-refractivity contribution is 8.13. The number of hydrogen-bond acceptors (Lipinski definition) is 7. The summed E-state index contributed by atoms with van der Waals surface area (Å²) in [6.07, 6.45) is 0.435. The van der Waals surface area contributed by atoms with E-state index in [-0.39, 0.29) is 5.91 Å². The monoisotopic (exact) mass is 424 g/mol. The zero-order chi connectivity index (χ0) is 21.1. The molecule has 1 amide bonds. The van der Waals surface area contributed by atoms with Crippen LogP contribution < -0.4 is 25.4 Å². The van der Waals surface area contributed by atoms with Crippen molar-refractivity contribution in [1.82, 2.24) is 10.3 Å². The molecule has 0 saturated heterocycles.